The predicted octanol–water partition coefficient (Wildman–Crippen LogP) is 2.57. The molecule has 0 saturated carbocycles. The van der Waals surface area contributed by atoms with Crippen LogP contribution in [0.25, 0.3) is 0 Å². The van der Waals surface area contributed by atoms with Crippen LogP contribution >= 0.6 is 11.3 Å². The number of fused-ring (bicyclic) bond motifs is 1. The number of ether oxygens (including phenoxy) is 1. The van der Waals surface area contributed by atoms with Gasteiger partial charge in [-0.2, -0.15) is 4.99 Å². The maximum absolute atomic E-state index is 11.8. The second-order valence-corrected chi connectivity index (χ2v) is 6.45. The first-order chi connectivity index (χ1) is 11.1. The summed E-state index contributed by atoms with van der Waals surface area (Å²) in [5.74, 6) is -0.206. The van der Waals surface area contributed by atoms with Gasteiger partial charge in [0, 0.05) is 22.6 Å². The average molecular weight is 328 g/mol. The highest BCUT2D eigenvalue weighted by Gasteiger charge is 2.21. The zero-order valence-corrected chi connectivity index (χ0v) is 13.5. The van der Waals surface area contributed by atoms with Crippen molar-refractivity contribution in [2.24, 2.45) is 10.7 Å². The van der Waals surface area contributed by atoms with Crippen molar-refractivity contribution in [3.8, 4) is 0 Å². The molecule has 0 bridgehead atoms. The molecule has 0 spiro atoms. The average Bonchev–Trinajstić information content (AvgIpc) is 2.91. The Balaban J connectivity index is 1.75. The topological polar surface area (TPSA) is 81.8 Å². The van der Waals surface area contributed by atoms with Gasteiger partial charge in [0.05, 0.1) is 17.7 Å². The number of nitrogens with zero attached hydrogens (tertiary/aromatic N) is 1. The van der Waals surface area contributed by atoms with Crippen LogP contribution in [0.2, 0.25) is 0 Å². The fourth-order valence-corrected chi connectivity index (χ4v) is 3.66. The lowest BCUT2D eigenvalue weighted by atomic mass is 10.1. The van der Waals surface area contributed by atoms with Crippen molar-refractivity contribution in [1.29, 1.82) is 0 Å². The largest absolute Gasteiger partial charge is 0.462 e. The monoisotopic (exact) mass is 328 g/mol. The predicted molar refractivity (Wildman–Crippen MR) is 89.2 cm³/mol. The Labute approximate surface area is 137 Å². The molecule has 0 aliphatic carbocycles. The summed E-state index contributed by atoms with van der Waals surface area (Å²) in [6, 6.07) is 9.20. The van der Waals surface area contributed by atoms with Crippen LogP contribution in [0.5, 0.6) is 0 Å². The zero-order chi connectivity index (χ0) is 16.4. The first-order valence-electron chi connectivity index (χ1n) is 7.32. The molecule has 0 fully saturated rings. The Morgan fingerprint density at radius 3 is 2.78 bits per heavy atom. The number of rotatable bonds is 4. The molecule has 6 heteroatoms. The van der Waals surface area contributed by atoms with Gasteiger partial charge in [-0.3, -0.25) is 4.79 Å². The van der Waals surface area contributed by atoms with E-state index in [2.05, 4.69) is 4.99 Å². The Kier molecular flexibility index (Phi) is 4.25. The number of hydrogen-bond donors (Lipinski definition) is 1. The van der Waals surface area contributed by atoms with Crippen molar-refractivity contribution in [3.63, 3.8) is 0 Å². The number of hydrogen-bond acceptors (Lipinski definition) is 5. The van der Waals surface area contributed by atoms with Gasteiger partial charge in [-0.05, 0) is 30.7 Å². The van der Waals surface area contributed by atoms with Gasteiger partial charge in [0.25, 0.3) is 5.91 Å². The van der Waals surface area contributed by atoms with Gasteiger partial charge in [-0.15, -0.1) is 11.3 Å². The van der Waals surface area contributed by atoms with Crippen LogP contribution in [0.4, 0.5) is 0 Å². The number of carbonyl (C=O) groups excluding carboxylic acids is 2. The Hall–Kier alpha value is -2.47. The molecule has 0 saturated heterocycles. The standard InChI is InChI=1S/C17H16N2O3S/c1-2-22-17(21)11-5-3-10(4-6-11)7-12-8-13-14(23-12)9-15(18)19-16(13)20/h3-6,8H,2,7,9H2,1H3,(H2,18,19,20). The molecule has 2 aromatic rings. The molecule has 2 N–H and O–H groups in total. The smallest absolute Gasteiger partial charge is 0.338 e. The van der Waals surface area contributed by atoms with Crippen molar-refractivity contribution < 1.29 is 14.3 Å². The summed E-state index contributed by atoms with van der Waals surface area (Å²) in [6.45, 7) is 2.14. The number of amides is 1. The molecular weight excluding hydrogens is 312 g/mol. The molecule has 1 aliphatic rings. The number of benzene rings is 1. The number of thiophene rings is 1. The van der Waals surface area contributed by atoms with E-state index < -0.39 is 0 Å². The minimum atomic E-state index is -0.316. The van der Waals surface area contributed by atoms with Crippen LogP contribution in [0, 0.1) is 0 Å². The maximum Gasteiger partial charge on any atom is 0.338 e. The summed E-state index contributed by atoms with van der Waals surface area (Å²) in [4.78, 5) is 29.3. The zero-order valence-electron chi connectivity index (χ0n) is 12.7. The van der Waals surface area contributed by atoms with E-state index in [9.17, 15) is 9.59 Å². The minimum absolute atomic E-state index is 0.260. The number of aliphatic imine (C=N–C) groups is 1. The Morgan fingerprint density at radius 1 is 1.35 bits per heavy atom. The molecule has 0 atom stereocenters. The third kappa shape index (κ3) is 3.32. The van der Waals surface area contributed by atoms with E-state index in [-0.39, 0.29) is 11.9 Å². The van der Waals surface area contributed by atoms with Crippen LogP contribution in [0.15, 0.2) is 35.3 Å². The van der Waals surface area contributed by atoms with Crippen LogP contribution in [0.3, 0.4) is 0 Å². The lowest BCUT2D eigenvalue weighted by Gasteiger charge is -2.05. The van der Waals surface area contributed by atoms with E-state index >= 15 is 0 Å². The van der Waals surface area contributed by atoms with E-state index in [0.29, 0.717) is 36.4 Å². The first kappa shape index (κ1) is 15.4. The van der Waals surface area contributed by atoms with Gasteiger partial charge in [0.1, 0.15) is 5.84 Å². The first-order valence-corrected chi connectivity index (χ1v) is 8.13. The van der Waals surface area contributed by atoms with Gasteiger partial charge in [0.15, 0.2) is 0 Å². The molecule has 1 aromatic heterocycles. The van der Waals surface area contributed by atoms with Gasteiger partial charge in [-0.1, -0.05) is 12.1 Å². The second-order valence-electron chi connectivity index (χ2n) is 5.23. The van der Waals surface area contributed by atoms with Crippen molar-refractivity contribution in [2.75, 3.05) is 6.61 Å². The molecular formula is C17H16N2O3S. The van der Waals surface area contributed by atoms with Crippen molar-refractivity contribution in [3.05, 3.63) is 56.8 Å². The fraction of sp³-hybridized carbons (Fsp3) is 0.235. The number of nitrogens with two attached hydrogens (primary N) is 1. The van der Waals surface area contributed by atoms with Crippen LogP contribution in [-0.2, 0) is 17.6 Å². The van der Waals surface area contributed by atoms with E-state index in [0.717, 1.165) is 15.3 Å². The lowest BCUT2D eigenvalue weighted by Crippen LogP contribution is -2.21. The van der Waals surface area contributed by atoms with Gasteiger partial charge < -0.3 is 10.5 Å². The molecule has 23 heavy (non-hydrogen) atoms. The van der Waals surface area contributed by atoms with Crippen LogP contribution in [-0.4, -0.2) is 24.3 Å². The normalized spacial score (nSPS) is 13.4. The van der Waals surface area contributed by atoms with Crippen molar-refractivity contribution in [2.45, 2.75) is 19.8 Å². The molecule has 3 rings (SSSR count). The van der Waals surface area contributed by atoms with Crippen molar-refractivity contribution in [1.82, 2.24) is 0 Å². The summed E-state index contributed by atoms with van der Waals surface area (Å²) in [5.41, 5.74) is 7.93. The third-order valence-corrected chi connectivity index (χ3v) is 4.66. The maximum atomic E-state index is 11.8. The Morgan fingerprint density at radius 2 is 2.09 bits per heavy atom. The van der Waals surface area contributed by atoms with E-state index in [1.165, 1.54) is 0 Å². The summed E-state index contributed by atoms with van der Waals surface area (Å²) in [5, 5.41) is 0. The quantitative estimate of drug-likeness (QED) is 0.875. The molecule has 0 radical (unpaired) electrons. The SMILES string of the molecule is CCOC(=O)c1ccc(Cc2cc3c(s2)CC(N)=NC3=O)cc1. The highest BCUT2D eigenvalue weighted by atomic mass is 32.1. The molecule has 118 valence electrons. The van der Waals surface area contributed by atoms with E-state index in [1.807, 2.05) is 18.2 Å². The summed E-state index contributed by atoms with van der Waals surface area (Å²) < 4.78 is 4.96. The second kappa shape index (κ2) is 6.34. The van der Waals surface area contributed by atoms with Crippen molar-refractivity contribution >= 4 is 29.0 Å². The molecule has 5 nitrogen and oxygen atoms in total. The molecule has 1 aliphatic heterocycles. The van der Waals surface area contributed by atoms with E-state index in [4.69, 9.17) is 10.5 Å². The third-order valence-electron chi connectivity index (χ3n) is 3.52. The molecule has 0 unspecified atom stereocenters. The van der Waals surface area contributed by atoms with Gasteiger partial charge in [0.2, 0.25) is 0 Å². The summed E-state index contributed by atoms with van der Waals surface area (Å²) in [7, 11) is 0. The molecule has 1 amide bonds. The number of esters is 1. The van der Waals surface area contributed by atoms with Crippen LogP contribution in [0.1, 0.15) is 43.0 Å². The summed E-state index contributed by atoms with van der Waals surface area (Å²) in [6.07, 6.45) is 1.24. The fourth-order valence-electron chi connectivity index (χ4n) is 2.45. The molecule has 1 aromatic carbocycles. The summed E-state index contributed by atoms with van der Waals surface area (Å²) >= 11 is 1.58. The number of amidine groups is 1. The highest BCUT2D eigenvalue weighted by molar-refractivity contribution is 7.12. The molecule has 2 heterocycles. The lowest BCUT2D eigenvalue weighted by molar-refractivity contribution is 0.0526. The minimum Gasteiger partial charge on any atom is -0.462 e. The Bertz CT molecular complexity index is 791. The van der Waals surface area contributed by atoms with Crippen LogP contribution < -0.4 is 5.73 Å². The van der Waals surface area contributed by atoms with Gasteiger partial charge in [-0.25, -0.2) is 4.79 Å². The number of carbonyl (C=O) groups is 2. The van der Waals surface area contributed by atoms with Gasteiger partial charge >= 0.3 is 5.97 Å². The highest BCUT2D eigenvalue weighted by Crippen LogP contribution is 2.28. The van der Waals surface area contributed by atoms with E-state index in [1.54, 1.807) is 30.4 Å².